The molecule has 1 aromatic carbocycles. The van der Waals surface area contributed by atoms with E-state index in [0.29, 0.717) is 12.2 Å². The van der Waals surface area contributed by atoms with Crippen LogP contribution in [0.4, 0.5) is 0 Å². The average Bonchev–Trinajstić information content (AvgIpc) is 2.49. The van der Waals surface area contributed by atoms with Gasteiger partial charge in [-0.2, -0.15) is 0 Å². The molecule has 0 aliphatic carbocycles. The number of pyridine rings is 1. The number of amides is 1. The summed E-state index contributed by atoms with van der Waals surface area (Å²) in [5.41, 5.74) is 1.68. The van der Waals surface area contributed by atoms with Crippen LogP contribution < -0.4 is 10.6 Å². The van der Waals surface area contributed by atoms with Crippen molar-refractivity contribution < 1.29 is 4.79 Å². The Kier molecular flexibility index (Phi) is 5.07. The lowest BCUT2D eigenvalue weighted by molar-refractivity contribution is 0.0949. The second-order valence-electron chi connectivity index (χ2n) is 4.13. The Hall–Kier alpha value is -2.20. The van der Waals surface area contributed by atoms with Gasteiger partial charge in [-0.15, -0.1) is 0 Å². The maximum absolute atomic E-state index is 11.7. The highest BCUT2D eigenvalue weighted by Gasteiger charge is 2.03. The summed E-state index contributed by atoms with van der Waals surface area (Å²) in [6.07, 6.45) is 1.61. The first-order chi connectivity index (χ1) is 9.36. The first-order valence-electron chi connectivity index (χ1n) is 6.30. The van der Waals surface area contributed by atoms with Gasteiger partial charge in [0.15, 0.2) is 0 Å². The topological polar surface area (TPSA) is 54.0 Å². The summed E-state index contributed by atoms with van der Waals surface area (Å²) in [5.74, 6) is -0.137. The predicted molar refractivity (Wildman–Crippen MR) is 74.7 cm³/mol. The molecular formula is C15H17N3O. The van der Waals surface area contributed by atoms with E-state index in [2.05, 4.69) is 27.8 Å². The van der Waals surface area contributed by atoms with E-state index in [1.54, 1.807) is 24.4 Å². The SMILES string of the molecule is O=C(NCCNCc1ccccc1)c1ccccn1. The monoisotopic (exact) mass is 255 g/mol. The van der Waals surface area contributed by atoms with Crippen molar-refractivity contribution in [2.75, 3.05) is 13.1 Å². The minimum atomic E-state index is -0.137. The molecule has 98 valence electrons. The van der Waals surface area contributed by atoms with Crippen LogP contribution in [0, 0.1) is 0 Å². The zero-order valence-electron chi connectivity index (χ0n) is 10.7. The molecule has 4 nitrogen and oxygen atoms in total. The summed E-state index contributed by atoms with van der Waals surface area (Å²) in [7, 11) is 0. The molecule has 1 heterocycles. The van der Waals surface area contributed by atoms with Crippen molar-refractivity contribution in [3.8, 4) is 0 Å². The first-order valence-corrected chi connectivity index (χ1v) is 6.30. The Balaban J connectivity index is 1.63. The van der Waals surface area contributed by atoms with Gasteiger partial charge in [-0.3, -0.25) is 9.78 Å². The molecule has 0 bridgehead atoms. The van der Waals surface area contributed by atoms with Crippen molar-refractivity contribution in [1.82, 2.24) is 15.6 Å². The number of hydrogen-bond donors (Lipinski definition) is 2. The van der Waals surface area contributed by atoms with E-state index in [1.165, 1.54) is 5.56 Å². The third-order valence-corrected chi connectivity index (χ3v) is 2.66. The Morgan fingerprint density at radius 1 is 1.00 bits per heavy atom. The molecule has 0 saturated carbocycles. The van der Waals surface area contributed by atoms with E-state index < -0.39 is 0 Å². The normalized spacial score (nSPS) is 10.1. The van der Waals surface area contributed by atoms with Crippen LogP contribution in [-0.2, 0) is 6.54 Å². The van der Waals surface area contributed by atoms with Crippen molar-refractivity contribution in [3.63, 3.8) is 0 Å². The quantitative estimate of drug-likeness (QED) is 0.771. The standard InChI is InChI=1S/C15H17N3O/c19-15(14-8-4-5-9-17-14)18-11-10-16-12-13-6-2-1-3-7-13/h1-9,16H,10-12H2,(H,18,19). The maximum atomic E-state index is 11.7. The number of carbonyl (C=O) groups excluding carboxylic acids is 1. The zero-order chi connectivity index (χ0) is 13.3. The molecule has 1 amide bonds. The average molecular weight is 255 g/mol. The van der Waals surface area contributed by atoms with E-state index in [-0.39, 0.29) is 5.91 Å². The lowest BCUT2D eigenvalue weighted by atomic mass is 10.2. The number of carbonyl (C=O) groups is 1. The minimum Gasteiger partial charge on any atom is -0.349 e. The van der Waals surface area contributed by atoms with Gasteiger partial charge in [-0.05, 0) is 17.7 Å². The molecule has 0 spiro atoms. The smallest absolute Gasteiger partial charge is 0.269 e. The molecule has 0 unspecified atom stereocenters. The van der Waals surface area contributed by atoms with Crippen molar-refractivity contribution in [1.29, 1.82) is 0 Å². The van der Waals surface area contributed by atoms with E-state index in [0.717, 1.165) is 13.1 Å². The highest BCUT2D eigenvalue weighted by Crippen LogP contribution is 1.96. The molecule has 0 atom stereocenters. The third-order valence-electron chi connectivity index (χ3n) is 2.66. The van der Waals surface area contributed by atoms with Gasteiger partial charge < -0.3 is 10.6 Å². The molecule has 0 radical (unpaired) electrons. The van der Waals surface area contributed by atoms with Crippen LogP contribution in [0.25, 0.3) is 0 Å². The van der Waals surface area contributed by atoms with Crippen molar-refractivity contribution in [2.45, 2.75) is 6.54 Å². The lowest BCUT2D eigenvalue weighted by Gasteiger charge is -2.06. The molecule has 4 heteroatoms. The zero-order valence-corrected chi connectivity index (χ0v) is 10.7. The van der Waals surface area contributed by atoms with Gasteiger partial charge in [0.05, 0.1) is 0 Å². The van der Waals surface area contributed by atoms with Crippen molar-refractivity contribution in [2.24, 2.45) is 0 Å². The summed E-state index contributed by atoms with van der Waals surface area (Å²) in [6, 6.07) is 15.5. The van der Waals surface area contributed by atoms with Crippen LogP contribution >= 0.6 is 0 Å². The molecule has 0 aliphatic rings. The minimum absolute atomic E-state index is 0.137. The van der Waals surface area contributed by atoms with Crippen LogP contribution in [0.15, 0.2) is 54.7 Å². The first kappa shape index (κ1) is 13.2. The predicted octanol–water partition coefficient (Wildman–Crippen LogP) is 1.60. The molecule has 0 saturated heterocycles. The van der Waals surface area contributed by atoms with Gasteiger partial charge in [-0.25, -0.2) is 0 Å². The Labute approximate surface area is 112 Å². The summed E-state index contributed by atoms with van der Waals surface area (Å²) in [6.45, 7) is 2.12. The van der Waals surface area contributed by atoms with E-state index >= 15 is 0 Å². The van der Waals surface area contributed by atoms with Gasteiger partial charge in [0, 0.05) is 25.8 Å². The van der Waals surface area contributed by atoms with Gasteiger partial charge in [-0.1, -0.05) is 36.4 Å². The van der Waals surface area contributed by atoms with Crippen LogP contribution in [0.2, 0.25) is 0 Å². The fraction of sp³-hybridized carbons (Fsp3) is 0.200. The van der Waals surface area contributed by atoms with E-state index in [1.807, 2.05) is 18.2 Å². The van der Waals surface area contributed by atoms with Gasteiger partial charge >= 0.3 is 0 Å². The molecule has 19 heavy (non-hydrogen) atoms. The summed E-state index contributed by atoms with van der Waals surface area (Å²) in [5, 5.41) is 6.09. The lowest BCUT2D eigenvalue weighted by Crippen LogP contribution is -2.32. The second-order valence-corrected chi connectivity index (χ2v) is 4.13. The third kappa shape index (κ3) is 4.52. The van der Waals surface area contributed by atoms with E-state index in [4.69, 9.17) is 0 Å². The molecule has 0 aliphatic heterocycles. The second kappa shape index (κ2) is 7.28. The summed E-state index contributed by atoms with van der Waals surface area (Å²) in [4.78, 5) is 15.7. The molecule has 2 aromatic rings. The Morgan fingerprint density at radius 3 is 2.53 bits per heavy atom. The fourth-order valence-corrected chi connectivity index (χ4v) is 1.68. The molecular weight excluding hydrogens is 238 g/mol. The van der Waals surface area contributed by atoms with Crippen LogP contribution in [0.3, 0.4) is 0 Å². The van der Waals surface area contributed by atoms with Gasteiger partial charge in [0.25, 0.3) is 5.91 Å². The summed E-state index contributed by atoms with van der Waals surface area (Å²) < 4.78 is 0. The number of hydrogen-bond acceptors (Lipinski definition) is 3. The van der Waals surface area contributed by atoms with Crippen molar-refractivity contribution >= 4 is 5.91 Å². The van der Waals surface area contributed by atoms with Crippen LogP contribution in [0.5, 0.6) is 0 Å². The summed E-state index contributed by atoms with van der Waals surface area (Å²) >= 11 is 0. The largest absolute Gasteiger partial charge is 0.349 e. The number of nitrogens with one attached hydrogen (secondary N) is 2. The molecule has 1 aromatic heterocycles. The number of rotatable bonds is 6. The maximum Gasteiger partial charge on any atom is 0.269 e. The highest BCUT2D eigenvalue weighted by atomic mass is 16.1. The van der Waals surface area contributed by atoms with Crippen molar-refractivity contribution in [3.05, 3.63) is 66.0 Å². The van der Waals surface area contributed by atoms with E-state index in [9.17, 15) is 4.79 Å². The highest BCUT2D eigenvalue weighted by molar-refractivity contribution is 5.92. The molecule has 2 rings (SSSR count). The number of nitrogens with zero attached hydrogens (tertiary/aromatic N) is 1. The van der Waals surface area contributed by atoms with Crippen LogP contribution in [0.1, 0.15) is 16.1 Å². The van der Waals surface area contributed by atoms with Gasteiger partial charge in [0.2, 0.25) is 0 Å². The Morgan fingerprint density at radius 2 is 1.79 bits per heavy atom. The number of aromatic nitrogens is 1. The number of benzene rings is 1. The molecule has 0 fully saturated rings. The fourth-order valence-electron chi connectivity index (χ4n) is 1.68. The van der Waals surface area contributed by atoms with Crippen LogP contribution in [-0.4, -0.2) is 24.0 Å². The van der Waals surface area contributed by atoms with Gasteiger partial charge in [0.1, 0.15) is 5.69 Å². The molecule has 2 N–H and O–H groups in total. The Bertz CT molecular complexity index is 499.